The summed E-state index contributed by atoms with van der Waals surface area (Å²) in [6, 6.07) is 0. The van der Waals surface area contributed by atoms with Crippen LogP contribution in [0.15, 0.2) is 12.2 Å². The molecule has 0 radical (unpaired) electrons. The van der Waals surface area contributed by atoms with E-state index in [1.807, 2.05) is 0 Å². The Morgan fingerprint density at radius 2 is 0.569 bits per heavy atom. The number of hydrogen-bond acceptors (Lipinski definition) is 3. The second-order valence-electron chi connectivity index (χ2n) is 23.3. The highest BCUT2D eigenvalue weighted by atomic mass is 16.5. The fraction of sp³-hybridized carbons (Fsp3) is 0.941. The van der Waals surface area contributed by atoms with Gasteiger partial charge < -0.3 is 9.64 Å². The highest BCUT2D eigenvalue weighted by molar-refractivity contribution is 5.83. The molecular formula is C68H133NO3. The number of carbonyl (C=O) groups excluding carboxylic acids is 2. The van der Waals surface area contributed by atoms with E-state index in [4.69, 9.17) is 4.74 Å². The minimum Gasteiger partial charge on any atom is -0.466 e. The molecule has 0 rings (SSSR count). The van der Waals surface area contributed by atoms with E-state index in [2.05, 4.69) is 44.7 Å². The fourth-order valence-electron chi connectivity index (χ4n) is 10.9. The van der Waals surface area contributed by atoms with Gasteiger partial charge in [0.15, 0.2) is 0 Å². The number of amides is 1. The van der Waals surface area contributed by atoms with Gasteiger partial charge in [0.25, 0.3) is 0 Å². The van der Waals surface area contributed by atoms with E-state index in [-0.39, 0.29) is 24.2 Å². The number of unbranched alkanes of at least 4 members (excludes halogenated alkanes) is 49. The Labute approximate surface area is 454 Å². The maximum atomic E-state index is 14.2. The molecule has 0 aromatic carbocycles. The summed E-state index contributed by atoms with van der Waals surface area (Å²) in [6.07, 6.45) is 78.3. The first kappa shape index (κ1) is 70.7. The van der Waals surface area contributed by atoms with Gasteiger partial charge in [0.1, 0.15) is 0 Å². The molecule has 1 atom stereocenters. The van der Waals surface area contributed by atoms with E-state index in [9.17, 15) is 9.59 Å². The molecule has 0 aliphatic carbocycles. The van der Waals surface area contributed by atoms with Crippen molar-refractivity contribution < 1.29 is 14.3 Å². The number of allylic oxidation sites excluding steroid dienone is 2. The summed E-state index contributed by atoms with van der Waals surface area (Å²) in [5.41, 5.74) is 0. The molecule has 0 aromatic heterocycles. The van der Waals surface area contributed by atoms with Crippen LogP contribution in [0.5, 0.6) is 0 Å². The zero-order valence-electron chi connectivity index (χ0n) is 50.1. The number of rotatable bonds is 62. The van der Waals surface area contributed by atoms with Crippen LogP contribution in [0.1, 0.15) is 387 Å². The first-order valence-corrected chi connectivity index (χ1v) is 33.7. The van der Waals surface area contributed by atoms with E-state index in [1.54, 1.807) is 0 Å². The van der Waals surface area contributed by atoms with E-state index < -0.39 is 0 Å². The average molecular weight is 1010 g/mol. The molecule has 0 aliphatic rings. The van der Waals surface area contributed by atoms with Gasteiger partial charge in [0, 0.05) is 19.0 Å². The third-order valence-electron chi connectivity index (χ3n) is 16.0. The van der Waals surface area contributed by atoms with Crippen LogP contribution >= 0.6 is 0 Å². The molecule has 72 heavy (non-hydrogen) atoms. The van der Waals surface area contributed by atoms with Gasteiger partial charge in [-0.3, -0.25) is 9.59 Å². The quantitative estimate of drug-likeness (QED) is 0.0346. The zero-order valence-corrected chi connectivity index (χ0v) is 50.1. The Kier molecular flexibility index (Phi) is 61.1. The Balaban J connectivity index is 4.05. The summed E-state index contributed by atoms with van der Waals surface area (Å²) < 4.78 is 5.75. The van der Waals surface area contributed by atoms with Crippen molar-refractivity contribution in [2.75, 3.05) is 19.7 Å². The van der Waals surface area contributed by atoms with Crippen LogP contribution in [0.4, 0.5) is 0 Å². The molecule has 0 saturated heterocycles. The van der Waals surface area contributed by atoms with Gasteiger partial charge in [-0.2, -0.15) is 0 Å². The van der Waals surface area contributed by atoms with E-state index in [0.717, 1.165) is 51.6 Å². The second-order valence-corrected chi connectivity index (χ2v) is 23.3. The van der Waals surface area contributed by atoms with Gasteiger partial charge in [-0.05, 0) is 51.4 Å². The molecule has 0 heterocycles. The summed E-state index contributed by atoms with van der Waals surface area (Å²) in [5, 5.41) is 0. The number of nitrogens with zero attached hydrogens (tertiary/aromatic N) is 1. The smallest absolute Gasteiger partial charge is 0.306 e. The average Bonchev–Trinajstić information content (AvgIpc) is 3.38. The van der Waals surface area contributed by atoms with Crippen molar-refractivity contribution >= 4 is 11.9 Å². The van der Waals surface area contributed by atoms with Crippen LogP contribution < -0.4 is 0 Å². The first-order valence-electron chi connectivity index (χ1n) is 33.7. The topological polar surface area (TPSA) is 46.6 Å². The molecule has 0 bridgehead atoms. The van der Waals surface area contributed by atoms with E-state index in [1.165, 1.54) is 315 Å². The van der Waals surface area contributed by atoms with Crippen molar-refractivity contribution in [2.45, 2.75) is 387 Å². The van der Waals surface area contributed by atoms with Crippen molar-refractivity contribution in [1.29, 1.82) is 0 Å². The van der Waals surface area contributed by atoms with Gasteiger partial charge in [0.05, 0.1) is 13.0 Å². The lowest BCUT2D eigenvalue weighted by atomic mass is 9.95. The van der Waals surface area contributed by atoms with Crippen LogP contribution in [0, 0.1) is 5.92 Å². The largest absolute Gasteiger partial charge is 0.466 e. The molecule has 428 valence electrons. The standard InChI is InChI=1S/C68H133NO3/c1-5-9-13-17-21-22-23-24-25-26-27-28-29-30-31-32-33-34-35-36-37-38-39-40-41-42-43-44-45-46-47-48-49-50-51-52-53-57-61-66(65-67(70)72-64-60-56-20-16-12-8-4)68(71)69(62-58-54-18-14-10-6-2)63-59-55-19-15-11-7-3/h31-32,66H,5-30,33-65H2,1-4H3/b32-31+. The van der Waals surface area contributed by atoms with Crippen molar-refractivity contribution in [2.24, 2.45) is 5.92 Å². The van der Waals surface area contributed by atoms with Crippen LogP contribution in [0.3, 0.4) is 0 Å². The number of hydrogen-bond donors (Lipinski definition) is 0. The van der Waals surface area contributed by atoms with Crippen molar-refractivity contribution in [3.8, 4) is 0 Å². The molecule has 0 N–H and O–H groups in total. The summed E-state index contributed by atoms with van der Waals surface area (Å²) >= 11 is 0. The van der Waals surface area contributed by atoms with Gasteiger partial charge in [0.2, 0.25) is 5.91 Å². The second kappa shape index (κ2) is 62.2. The van der Waals surface area contributed by atoms with E-state index in [0.29, 0.717) is 6.61 Å². The summed E-state index contributed by atoms with van der Waals surface area (Å²) in [4.78, 5) is 29.5. The molecule has 0 saturated carbocycles. The highest BCUT2D eigenvalue weighted by Gasteiger charge is 2.27. The van der Waals surface area contributed by atoms with E-state index >= 15 is 0 Å². The normalized spacial score (nSPS) is 12.1. The van der Waals surface area contributed by atoms with Crippen molar-refractivity contribution in [3.05, 3.63) is 12.2 Å². The maximum absolute atomic E-state index is 14.2. The van der Waals surface area contributed by atoms with Gasteiger partial charge in [-0.1, -0.05) is 342 Å². The number of carbonyl (C=O) groups is 2. The highest BCUT2D eigenvalue weighted by Crippen LogP contribution is 2.22. The van der Waals surface area contributed by atoms with Gasteiger partial charge in [-0.15, -0.1) is 0 Å². The number of ether oxygens (including phenoxy) is 1. The summed E-state index contributed by atoms with van der Waals surface area (Å²) in [6.45, 7) is 11.3. The lowest BCUT2D eigenvalue weighted by Gasteiger charge is -2.27. The maximum Gasteiger partial charge on any atom is 0.306 e. The van der Waals surface area contributed by atoms with Crippen LogP contribution in [-0.4, -0.2) is 36.5 Å². The molecule has 0 aromatic rings. The third-order valence-corrected chi connectivity index (χ3v) is 16.0. The molecule has 1 unspecified atom stereocenters. The van der Waals surface area contributed by atoms with Crippen LogP contribution in [0.25, 0.3) is 0 Å². The van der Waals surface area contributed by atoms with Crippen molar-refractivity contribution in [3.63, 3.8) is 0 Å². The Hall–Kier alpha value is -1.32. The minimum absolute atomic E-state index is 0.156. The Bertz CT molecular complexity index is 1060. The molecule has 0 spiro atoms. The molecular weight excluding hydrogens is 879 g/mol. The summed E-state index contributed by atoms with van der Waals surface area (Å²) in [7, 11) is 0. The SMILES string of the molecule is CCCCCCCCCCCCCCC/C=C/CCCCCCCCCCCCCCCCCCCCCCCC(CC(=O)OCCCCCCCC)C(=O)N(CCCCCCCC)CCCCCCCC. The Morgan fingerprint density at radius 3 is 0.875 bits per heavy atom. The monoisotopic (exact) mass is 1010 g/mol. The fourth-order valence-corrected chi connectivity index (χ4v) is 10.9. The third kappa shape index (κ3) is 54.9. The lowest BCUT2D eigenvalue weighted by Crippen LogP contribution is -2.38. The van der Waals surface area contributed by atoms with Gasteiger partial charge >= 0.3 is 5.97 Å². The predicted octanol–water partition coefficient (Wildman–Crippen LogP) is 23.5. The molecule has 0 aliphatic heterocycles. The minimum atomic E-state index is -0.228. The van der Waals surface area contributed by atoms with Gasteiger partial charge in [-0.25, -0.2) is 0 Å². The predicted molar refractivity (Wildman–Crippen MR) is 321 cm³/mol. The Morgan fingerprint density at radius 1 is 0.319 bits per heavy atom. The lowest BCUT2D eigenvalue weighted by molar-refractivity contribution is -0.149. The summed E-state index contributed by atoms with van der Waals surface area (Å²) in [5.74, 6) is -0.154. The zero-order chi connectivity index (χ0) is 52.2. The number of esters is 1. The molecule has 4 nitrogen and oxygen atoms in total. The molecule has 4 heteroatoms. The molecule has 0 fully saturated rings. The van der Waals surface area contributed by atoms with Crippen LogP contribution in [-0.2, 0) is 14.3 Å². The molecule has 1 amide bonds. The van der Waals surface area contributed by atoms with Crippen molar-refractivity contribution in [1.82, 2.24) is 4.90 Å². The van der Waals surface area contributed by atoms with Crippen LogP contribution in [0.2, 0.25) is 0 Å². The first-order chi connectivity index (χ1) is 35.6.